The highest BCUT2D eigenvalue weighted by atomic mass is 28.4. The molecule has 0 aliphatic rings. The molecule has 0 aliphatic carbocycles. The van der Waals surface area contributed by atoms with Gasteiger partial charge in [0.05, 0.1) is 0 Å². The molecular weight excluding hydrogens is 285 g/mol. The van der Waals surface area contributed by atoms with Crippen molar-refractivity contribution in [3.05, 3.63) is 0 Å². The lowest BCUT2D eigenvalue weighted by Gasteiger charge is -2.38. The molecule has 0 heterocycles. The predicted molar refractivity (Wildman–Crippen MR) is 79.2 cm³/mol. The van der Waals surface area contributed by atoms with Gasteiger partial charge in [-0.25, -0.2) is 0 Å². The highest BCUT2D eigenvalue weighted by Gasteiger charge is 2.47. The second-order valence-electron chi connectivity index (χ2n) is 7.32. The molecule has 0 rings (SSSR count). The number of rotatable bonds is 2. The molecule has 0 fully saturated rings. The Morgan fingerprint density at radius 1 is 0.947 bits per heavy atom. The summed E-state index contributed by atoms with van der Waals surface area (Å²) in [6.07, 6.45) is -6.39. The zero-order valence-corrected chi connectivity index (χ0v) is 15.1. The lowest BCUT2D eigenvalue weighted by atomic mass is 10.2. The first kappa shape index (κ1) is 18.7. The quantitative estimate of drug-likeness (QED) is 0.525. The maximum absolute atomic E-state index is 13.0. The van der Waals surface area contributed by atoms with E-state index in [0.29, 0.717) is 0 Å². The van der Waals surface area contributed by atoms with Crippen LogP contribution in [0.15, 0.2) is 0 Å². The van der Waals surface area contributed by atoms with Crippen LogP contribution in [0, 0.1) is 11.5 Å². The summed E-state index contributed by atoms with van der Waals surface area (Å²) in [5.41, 5.74) is 2.77. The van der Waals surface area contributed by atoms with Crippen molar-refractivity contribution in [1.29, 1.82) is 0 Å². The van der Waals surface area contributed by atoms with Crippen molar-refractivity contribution < 1.29 is 17.6 Å². The Kier molecular flexibility index (Phi) is 5.55. The third-order valence-electron chi connectivity index (χ3n) is 3.09. The van der Waals surface area contributed by atoms with Crippen LogP contribution in [0.3, 0.4) is 0 Å². The van der Waals surface area contributed by atoms with Crippen LogP contribution in [0.2, 0.25) is 37.8 Å². The van der Waals surface area contributed by atoms with Crippen molar-refractivity contribution in [3.63, 3.8) is 0 Å². The van der Waals surface area contributed by atoms with Gasteiger partial charge < -0.3 is 4.43 Å². The highest BCUT2D eigenvalue weighted by molar-refractivity contribution is 6.83. The number of halogens is 3. The minimum absolute atomic E-state index is 0.267. The summed E-state index contributed by atoms with van der Waals surface area (Å²) in [5.74, 6) is 2.33. The number of hydrogen-bond donors (Lipinski definition) is 0. The van der Waals surface area contributed by atoms with Gasteiger partial charge in [-0.15, -0.1) is 5.54 Å². The fraction of sp³-hybridized carbons (Fsp3) is 0.846. The van der Waals surface area contributed by atoms with Crippen molar-refractivity contribution in [2.75, 3.05) is 0 Å². The van der Waals surface area contributed by atoms with E-state index >= 15 is 0 Å². The van der Waals surface area contributed by atoms with Gasteiger partial charge in [-0.2, -0.15) is 13.2 Å². The van der Waals surface area contributed by atoms with Crippen LogP contribution < -0.4 is 0 Å². The second kappa shape index (κ2) is 5.62. The van der Waals surface area contributed by atoms with Gasteiger partial charge in [0, 0.05) is 0 Å². The molecule has 0 amide bonds. The molecule has 0 aromatic rings. The van der Waals surface area contributed by atoms with Crippen molar-refractivity contribution >= 4 is 16.4 Å². The van der Waals surface area contributed by atoms with Gasteiger partial charge in [0.15, 0.2) is 8.32 Å². The Labute approximate surface area is 117 Å². The molecule has 0 aromatic carbocycles. The van der Waals surface area contributed by atoms with E-state index in [4.69, 9.17) is 4.43 Å². The summed E-state index contributed by atoms with van der Waals surface area (Å²) in [4.78, 5) is 0. The van der Waals surface area contributed by atoms with Crippen molar-refractivity contribution in [1.82, 2.24) is 0 Å². The third-order valence-corrected chi connectivity index (χ3v) is 8.43. The van der Waals surface area contributed by atoms with Crippen LogP contribution in [-0.4, -0.2) is 28.7 Å². The molecule has 0 spiro atoms. The summed E-state index contributed by atoms with van der Waals surface area (Å²) in [6.45, 7) is 15.1. The van der Waals surface area contributed by atoms with Crippen molar-refractivity contribution in [2.45, 2.75) is 70.8 Å². The van der Waals surface area contributed by atoms with E-state index in [2.05, 4.69) is 11.5 Å². The Morgan fingerprint density at radius 3 is 1.63 bits per heavy atom. The second-order valence-corrected chi connectivity index (χ2v) is 16.8. The zero-order chi connectivity index (χ0) is 15.7. The maximum Gasteiger partial charge on any atom is 0.425 e. The summed E-state index contributed by atoms with van der Waals surface area (Å²) in [6, 6.07) is 0. The Morgan fingerprint density at radius 2 is 1.37 bits per heavy atom. The first-order valence-corrected chi connectivity index (χ1v) is 12.7. The molecule has 19 heavy (non-hydrogen) atoms. The summed E-state index contributed by atoms with van der Waals surface area (Å²) in [5, 5.41) is -0.267. The Balaban J connectivity index is 5.27. The van der Waals surface area contributed by atoms with Gasteiger partial charge in [-0.1, -0.05) is 46.3 Å². The molecule has 1 atom stereocenters. The molecule has 112 valence electrons. The van der Waals surface area contributed by atoms with Gasteiger partial charge in [0.1, 0.15) is 8.07 Å². The summed E-state index contributed by atoms with van der Waals surface area (Å²) < 4.78 is 44.5. The average molecular weight is 311 g/mol. The van der Waals surface area contributed by atoms with Crippen LogP contribution >= 0.6 is 0 Å². The van der Waals surface area contributed by atoms with E-state index in [0.717, 1.165) is 0 Å². The SMILES string of the molecule is CC(C)(C)[Si](C)(C)OC(C#C[Si](C)(C)C)C(F)(F)F. The van der Waals surface area contributed by atoms with E-state index in [1.54, 1.807) is 0 Å². The zero-order valence-electron chi connectivity index (χ0n) is 13.1. The minimum Gasteiger partial charge on any atom is -0.396 e. The van der Waals surface area contributed by atoms with Crippen LogP contribution in [0.4, 0.5) is 13.2 Å². The van der Waals surface area contributed by atoms with E-state index in [1.165, 1.54) is 0 Å². The molecule has 0 aromatic heterocycles. The summed E-state index contributed by atoms with van der Waals surface area (Å²) >= 11 is 0. The van der Waals surface area contributed by atoms with Crippen LogP contribution in [0.1, 0.15) is 20.8 Å². The molecule has 0 saturated carbocycles. The van der Waals surface area contributed by atoms with Gasteiger partial charge in [-0.05, 0) is 18.1 Å². The van der Waals surface area contributed by atoms with E-state index in [9.17, 15) is 13.2 Å². The lowest BCUT2D eigenvalue weighted by Crippen LogP contribution is -2.47. The van der Waals surface area contributed by atoms with E-state index in [1.807, 2.05) is 53.5 Å². The monoisotopic (exact) mass is 310 g/mol. The fourth-order valence-corrected chi connectivity index (χ4v) is 2.63. The minimum atomic E-state index is -4.43. The topological polar surface area (TPSA) is 9.23 Å². The molecule has 0 saturated heterocycles. The fourth-order valence-electron chi connectivity index (χ4n) is 0.932. The average Bonchev–Trinajstić information content (AvgIpc) is 2.06. The number of hydrogen-bond acceptors (Lipinski definition) is 1. The van der Waals surface area contributed by atoms with Gasteiger partial charge >= 0.3 is 6.18 Å². The Bertz CT molecular complexity index is 365. The van der Waals surface area contributed by atoms with Gasteiger partial charge in [0.2, 0.25) is 6.10 Å². The van der Waals surface area contributed by atoms with Crippen molar-refractivity contribution in [2.24, 2.45) is 0 Å². The van der Waals surface area contributed by atoms with E-state index in [-0.39, 0.29) is 5.04 Å². The molecule has 1 nitrogen and oxygen atoms in total. The molecule has 0 radical (unpaired) electrons. The molecule has 6 heteroatoms. The van der Waals surface area contributed by atoms with Gasteiger partial charge in [-0.3, -0.25) is 0 Å². The Hall–Kier alpha value is -0.256. The molecule has 0 aliphatic heterocycles. The first-order chi connectivity index (χ1) is 8.06. The largest absolute Gasteiger partial charge is 0.425 e. The van der Waals surface area contributed by atoms with Crippen LogP contribution in [-0.2, 0) is 4.43 Å². The summed E-state index contributed by atoms with van der Waals surface area (Å²) in [7, 11) is -4.33. The smallest absolute Gasteiger partial charge is 0.396 e. The molecular formula is C13H25F3OSi2. The first-order valence-electron chi connectivity index (χ1n) is 6.33. The third kappa shape index (κ3) is 6.64. The molecule has 0 bridgehead atoms. The molecule has 1 unspecified atom stereocenters. The maximum atomic E-state index is 13.0. The molecule has 0 N–H and O–H groups in total. The van der Waals surface area contributed by atoms with Gasteiger partial charge in [0.25, 0.3) is 0 Å². The van der Waals surface area contributed by atoms with E-state index < -0.39 is 28.7 Å². The van der Waals surface area contributed by atoms with Crippen LogP contribution in [0.25, 0.3) is 0 Å². The lowest BCUT2D eigenvalue weighted by molar-refractivity contribution is -0.180. The van der Waals surface area contributed by atoms with Crippen molar-refractivity contribution in [3.8, 4) is 11.5 Å². The standard InChI is InChI=1S/C13H25F3OSi2/c1-12(2,3)19(7,8)17-11(13(14,15)16)9-10-18(4,5)6/h11H,1-8H3. The predicted octanol–water partition coefficient (Wildman–Crippen LogP) is 4.82. The highest BCUT2D eigenvalue weighted by Crippen LogP contribution is 2.39. The number of alkyl halides is 3. The normalized spacial score (nSPS) is 15.7. The van der Waals surface area contributed by atoms with Crippen LogP contribution in [0.5, 0.6) is 0 Å².